The van der Waals surface area contributed by atoms with E-state index in [1.807, 2.05) is 6.92 Å². The van der Waals surface area contributed by atoms with Crippen LogP contribution in [0.2, 0.25) is 0 Å². The standard InChI is InChI=1S/C12H19N5O2/c1-2-13-11(18)3-4-14-12(19)9-5-8-10(6-15-9)17-7-16-8/h7,9,15H,2-6H2,1H3,(H,13,18)(H,14,19)(H,16,17). The van der Waals surface area contributed by atoms with E-state index in [9.17, 15) is 9.59 Å². The first-order valence-electron chi connectivity index (χ1n) is 6.49. The topological polar surface area (TPSA) is 98.9 Å². The fourth-order valence-corrected chi connectivity index (χ4v) is 2.06. The smallest absolute Gasteiger partial charge is 0.237 e. The van der Waals surface area contributed by atoms with Gasteiger partial charge in [0.15, 0.2) is 0 Å². The summed E-state index contributed by atoms with van der Waals surface area (Å²) in [4.78, 5) is 30.4. The molecule has 0 fully saturated rings. The summed E-state index contributed by atoms with van der Waals surface area (Å²) >= 11 is 0. The van der Waals surface area contributed by atoms with Crippen molar-refractivity contribution in [2.24, 2.45) is 0 Å². The first-order chi connectivity index (χ1) is 9.20. The molecule has 4 N–H and O–H groups in total. The molecule has 0 bridgehead atoms. The van der Waals surface area contributed by atoms with E-state index >= 15 is 0 Å². The van der Waals surface area contributed by atoms with Crippen LogP contribution in [-0.4, -0.2) is 40.9 Å². The van der Waals surface area contributed by atoms with E-state index in [2.05, 4.69) is 25.9 Å². The molecule has 1 aliphatic heterocycles. The Morgan fingerprint density at radius 2 is 2.32 bits per heavy atom. The molecular formula is C12H19N5O2. The van der Waals surface area contributed by atoms with Crippen LogP contribution in [0.1, 0.15) is 24.7 Å². The van der Waals surface area contributed by atoms with Gasteiger partial charge in [0.1, 0.15) is 0 Å². The zero-order chi connectivity index (χ0) is 13.7. The average Bonchev–Trinajstić information content (AvgIpc) is 2.86. The summed E-state index contributed by atoms with van der Waals surface area (Å²) in [5, 5.41) is 8.59. The number of nitrogens with zero attached hydrogens (tertiary/aromatic N) is 1. The van der Waals surface area contributed by atoms with Crippen molar-refractivity contribution in [3.8, 4) is 0 Å². The van der Waals surface area contributed by atoms with E-state index in [0.29, 0.717) is 32.5 Å². The third kappa shape index (κ3) is 3.54. The number of imidazole rings is 1. The third-order valence-electron chi connectivity index (χ3n) is 3.07. The van der Waals surface area contributed by atoms with Gasteiger partial charge in [-0.15, -0.1) is 0 Å². The van der Waals surface area contributed by atoms with Crippen LogP contribution in [0.3, 0.4) is 0 Å². The second-order valence-electron chi connectivity index (χ2n) is 4.46. The lowest BCUT2D eigenvalue weighted by Crippen LogP contribution is -2.48. The zero-order valence-corrected chi connectivity index (χ0v) is 11.0. The summed E-state index contributed by atoms with van der Waals surface area (Å²) in [5.74, 6) is -0.132. The second kappa shape index (κ2) is 6.33. The Morgan fingerprint density at radius 1 is 1.47 bits per heavy atom. The molecule has 104 valence electrons. The highest BCUT2D eigenvalue weighted by atomic mass is 16.2. The summed E-state index contributed by atoms with van der Waals surface area (Å²) in [6, 6.07) is -0.273. The molecule has 1 aliphatic rings. The lowest BCUT2D eigenvalue weighted by atomic mass is 10.0. The maximum Gasteiger partial charge on any atom is 0.237 e. The van der Waals surface area contributed by atoms with E-state index in [1.54, 1.807) is 6.33 Å². The Kier molecular flexibility index (Phi) is 4.51. The first-order valence-corrected chi connectivity index (χ1v) is 6.49. The van der Waals surface area contributed by atoms with Crippen LogP contribution in [0.15, 0.2) is 6.33 Å². The fourth-order valence-electron chi connectivity index (χ4n) is 2.06. The van der Waals surface area contributed by atoms with Crippen molar-refractivity contribution < 1.29 is 9.59 Å². The highest BCUT2D eigenvalue weighted by Crippen LogP contribution is 2.11. The minimum atomic E-state index is -0.273. The number of fused-ring (bicyclic) bond motifs is 1. The van der Waals surface area contributed by atoms with Crippen LogP contribution in [0.4, 0.5) is 0 Å². The molecule has 0 spiro atoms. The Bertz CT molecular complexity index is 457. The largest absolute Gasteiger partial charge is 0.356 e. The molecule has 2 heterocycles. The average molecular weight is 265 g/mol. The Balaban J connectivity index is 1.74. The summed E-state index contributed by atoms with van der Waals surface area (Å²) in [6.07, 6.45) is 2.52. The summed E-state index contributed by atoms with van der Waals surface area (Å²) < 4.78 is 0. The monoisotopic (exact) mass is 265 g/mol. The third-order valence-corrected chi connectivity index (χ3v) is 3.07. The van der Waals surface area contributed by atoms with Crippen molar-refractivity contribution in [2.45, 2.75) is 32.4 Å². The van der Waals surface area contributed by atoms with Gasteiger partial charge in [-0.25, -0.2) is 4.98 Å². The molecule has 0 saturated heterocycles. The number of rotatable bonds is 5. The molecule has 19 heavy (non-hydrogen) atoms. The van der Waals surface area contributed by atoms with Crippen molar-refractivity contribution in [3.05, 3.63) is 17.7 Å². The zero-order valence-electron chi connectivity index (χ0n) is 11.0. The van der Waals surface area contributed by atoms with Gasteiger partial charge in [-0.05, 0) is 6.92 Å². The van der Waals surface area contributed by atoms with Gasteiger partial charge in [-0.2, -0.15) is 0 Å². The molecule has 0 radical (unpaired) electrons. The number of hydrogen-bond donors (Lipinski definition) is 4. The second-order valence-corrected chi connectivity index (χ2v) is 4.46. The molecule has 7 nitrogen and oxygen atoms in total. The number of H-pyrrole nitrogens is 1. The SMILES string of the molecule is CCNC(=O)CCNC(=O)C1Cc2nc[nH]c2CN1. The fraction of sp³-hybridized carbons (Fsp3) is 0.583. The number of carbonyl (C=O) groups excluding carboxylic acids is 2. The van der Waals surface area contributed by atoms with E-state index < -0.39 is 0 Å². The molecule has 0 saturated carbocycles. The van der Waals surface area contributed by atoms with Crippen LogP contribution in [0.25, 0.3) is 0 Å². The van der Waals surface area contributed by atoms with Crippen molar-refractivity contribution in [3.63, 3.8) is 0 Å². The van der Waals surface area contributed by atoms with Gasteiger partial charge in [0.2, 0.25) is 11.8 Å². The molecule has 0 aromatic carbocycles. The molecule has 0 aliphatic carbocycles. The number of amides is 2. The maximum atomic E-state index is 11.9. The summed E-state index contributed by atoms with van der Waals surface area (Å²) in [5.41, 5.74) is 1.97. The number of aromatic amines is 1. The number of aromatic nitrogens is 2. The van der Waals surface area contributed by atoms with Crippen LogP contribution < -0.4 is 16.0 Å². The van der Waals surface area contributed by atoms with Gasteiger partial charge in [-0.3, -0.25) is 14.9 Å². The van der Waals surface area contributed by atoms with Crippen LogP contribution in [-0.2, 0) is 22.6 Å². The minimum absolute atomic E-state index is 0.0472. The van der Waals surface area contributed by atoms with E-state index in [0.717, 1.165) is 11.4 Å². The Morgan fingerprint density at radius 3 is 3.11 bits per heavy atom. The Labute approximate surface area is 111 Å². The summed E-state index contributed by atoms with van der Waals surface area (Å²) in [6.45, 7) is 3.45. The normalized spacial score (nSPS) is 17.6. The maximum absolute atomic E-state index is 11.9. The van der Waals surface area contributed by atoms with E-state index in [4.69, 9.17) is 0 Å². The first kappa shape index (κ1) is 13.5. The molecule has 1 aromatic rings. The predicted molar refractivity (Wildman–Crippen MR) is 69.2 cm³/mol. The molecular weight excluding hydrogens is 246 g/mol. The van der Waals surface area contributed by atoms with Crippen LogP contribution in [0, 0.1) is 0 Å². The van der Waals surface area contributed by atoms with E-state index in [1.165, 1.54) is 0 Å². The Hall–Kier alpha value is -1.89. The van der Waals surface area contributed by atoms with Gasteiger partial charge in [0.25, 0.3) is 0 Å². The minimum Gasteiger partial charge on any atom is -0.356 e. The van der Waals surface area contributed by atoms with Crippen LogP contribution >= 0.6 is 0 Å². The van der Waals surface area contributed by atoms with Crippen LogP contribution in [0.5, 0.6) is 0 Å². The molecule has 2 rings (SSSR count). The van der Waals surface area contributed by atoms with Gasteiger partial charge in [0.05, 0.1) is 23.8 Å². The highest BCUT2D eigenvalue weighted by Gasteiger charge is 2.25. The molecule has 2 amide bonds. The molecule has 1 unspecified atom stereocenters. The number of nitrogens with one attached hydrogen (secondary N) is 4. The molecule has 7 heteroatoms. The lowest BCUT2D eigenvalue weighted by Gasteiger charge is -2.22. The van der Waals surface area contributed by atoms with Crippen molar-refractivity contribution in [1.82, 2.24) is 25.9 Å². The molecule has 1 aromatic heterocycles. The van der Waals surface area contributed by atoms with Crippen molar-refractivity contribution in [1.29, 1.82) is 0 Å². The number of hydrogen-bond acceptors (Lipinski definition) is 4. The number of carbonyl (C=O) groups is 2. The van der Waals surface area contributed by atoms with Gasteiger partial charge < -0.3 is 15.6 Å². The predicted octanol–water partition coefficient (Wildman–Crippen LogP) is -0.934. The van der Waals surface area contributed by atoms with Gasteiger partial charge in [0, 0.05) is 32.5 Å². The van der Waals surface area contributed by atoms with E-state index in [-0.39, 0.29) is 17.9 Å². The highest BCUT2D eigenvalue weighted by molar-refractivity contribution is 5.83. The van der Waals surface area contributed by atoms with Gasteiger partial charge in [-0.1, -0.05) is 0 Å². The quantitative estimate of drug-likeness (QED) is 0.552. The lowest BCUT2D eigenvalue weighted by molar-refractivity contribution is -0.123. The summed E-state index contributed by atoms with van der Waals surface area (Å²) in [7, 11) is 0. The van der Waals surface area contributed by atoms with Crippen molar-refractivity contribution in [2.75, 3.05) is 13.1 Å². The molecule has 1 atom stereocenters. The van der Waals surface area contributed by atoms with Crippen molar-refractivity contribution >= 4 is 11.8 Å². The van der Waals surface area contributed by atoms with Gasteiger partial charge >= 0.3 is 0 Å².